The van der Waals surface area contributed by atoms with E-state index in [-0.39, 0.29) is 23.7 Å². The molecule has 0 spiro atoms. The van der Waals surface area contributed by atoms with Crippen molar-refractivity contribution in [1.29, 1.82) is 0 Å². The maximum Gasteiger partial charge on any atom is 0.297 e. The summed E-state index contributed by atoms with van der Waals surface area (Å²) in [5, 5.41) is 11.3. The van der Waals surface area contributed by atoms with E-state index in [1.807, 2.05) is 43.3 Å². The van der Waals surface area contributed by atoms with Crippen LogP contribution in [-0.2, 0) is 13.7 Å². The smallest absolute Gasteiger partial charge is 0.297 e. The Morgan fingerprint density at radius 3 is 2.50 bits per heavy atom. The zero-order valence-electron chi connectivity index (χ0n) is 19.2. The van der Waals surface area contributed by atoms with Crippen LogP contribution in [0.2, 0.25) is 0 Å². The molecule has 5 heteroatoms. The average Bonchev–Trinajstić information content (AvgIpc) is 2.78. The molecule has 5 nitrogen and oxygen atoms in total. The highest BCUT2D eigenvalue weighted by Gasteiger charge is 2.16. The first-order valence-electron chi connectivity index (χ1n) is 10.8. The summed E-state index contributed by atoms with van der Waals surface area (Å²) in [6, 6.07) is 15.2. The van der Waals surface area contributed by atoms with E-state index in [0.29, 0.717) is 23.3 Å². The molecule has 0 aliphatic carbocycles. The van der Waals surface area contributed by atoms with Gasteiger partial charge in [0.15, 0.2) is 5.75 Å². The number of fused-ring (bicyclic) bond motifs is 1. The highest BCUT2D eigenvalue weighted by Crippen LogP contribution is 2.33. The lowest BCUT2D eigenvalue weighted by atomic mass is 10.1. The van der Waals surface area contributed by atoms with Crippen molar-refractivity contribution in [3.05, 3.63) is 87.7 Å². The number of pyridine rings is 1. The molecule has 0 aliphatic heterocycles. The molecule has 1 heterocycles. The SMILES string of the molecule is CC(C)=CCC/C(C)=C/COc1c(O)c2ccc(OCc3ccccc3)cc2n(C)c1=O. The van der Waals surface area contributed by atoms with Crippen LogP contribution in [0.5, 0.6) is 17.2 Å². The topological polar surface area (TPSA) is 60.7 Å². The van der Waals surface area contributed by atoms with E-state index >= 15 is 0 Å². The molecule has 0 saturated carbocycles. The monoisotopic (exact) mass is 433 g/mol. The Hall–Kier alpha value is -3.47. The minimum atomic E-state index is -0.384. The third-order valence-electron chi connectivity index (χ3n) is 5.30. The fraction of sp³-hybridized carbons (Fsp3) is 0.296. The molecule has 2 aromatic carbocycles. The number of aryl methyl sites for hydroxylation is 1. The Morgan fingerprint density at radius 1 is 1.03 bits per heavy atom. The first kappa shape index (κ1) is 23.2. The number of ether oxygens (including phenoxy) is 2. The van der Waals surface area contributed by atoms with Gasteiger partial charge in [0.25, 0.3) is 5.56 Å². The van der Waals surface area contributed by atoms with Crippen molar-refractivity contribution in [2.45, 2.75) is 40.2 Å². The normalized spacial score (nSPS) is 11.4. The molecule has 0 bridgehead atoms. The summed E-state index contributed by atoms with van der Waals surface area (Å²) in [5.41, 5.74) is 3.73. The standard InChI is InChI=1S/C27H31NO4/c1-19(2)9-8-10-20(3)15-16-31-26-25(29)23-14-13-22(17-24(23)28(4)27(26)30)32-18-21-11-6-5-7-12-21/h5-7,9,11-15,17,29H,8,10,16,18H2,1-4H3/b20-15+. The number of hydrogen-bond donors (Lipinski definition) is 1. The van der Waals surface area contributed by atoms with E-state index in [1.54, 1.807) is 25.2 Å². The number of rotatable bonds is 9. The summed E-state index contributed by atoms with van der Waals surface area (Å²) >= 11 is 0. The van der Waals surface area contributed by atoms with Crippen LogP contribution < -0.4 is 15.0 Å². The predicted octanol–water partition coefficient (Wildman–Crippen LogP) is 5.89. The molecule has 0 aliphatic rings. The third kappa shape index (κ3) is 5.82. The largest absolute Gasteiger partial charge is 0.504 e. The van der Waals surface area contributed by atoms with E-state index in [1.165, 1.54) is 15.7 Å². The lowest BCUT2D eigenvalue weighted by molar-refractivity contribution is 0.306. The Bertz CT molecular complexity index is 1190. The van der Waals surface area contributed by atoms with Crippen LogP contribution in [0.3, 0.4) is 0 Å². The van der Waals surface area contributed by atoms with E-state index in [2.05, 4.69) is 19.9 Å². The molecule has 32 heavy (non-hydrogen) atoms. The van der Waals surface area contributed by atoms with Gasteiger partial charge in [-0.15, -0.1) is 0 Å². The number of nitrogens with zero attached hydrogens (tertiary/aromatic N) is 1. The first-order chi connectivity index (χ1) is 15.4. The molecule has 0 fully saturated rings. The van der Waals surface area contributed by atoms with Gasteiger partial charge in [0.05, 0.1) is 5.52 Å². The van der Waals surface area contributed by atoms with Gasteiger partial charge in [-0.05, 0) is 57.4 Å². The van der Waals surface area contributed by atoms with E-state index in [9.17, 15) is 9.90 Å². The van der Waals surface area contributed by atoms with Crippen LogP contribution in [0.4, 0.5) is 0 Å². The van der Waals surface area contributed by atoms with Gasteiger partial charge in [0.2, 0.25) is 5.75 Å². The Balaban J connectivity index is 1.76. The summed E-state index contributed by atoms with van der Waals surface area (Å²) < 4.78 is 13.0. The molecule has 1 aromatic heterocycles. The van der Waals surface area contributed by atoms with Crippen LogP contribution in [0.1, 0.15) is 39.2 Å². The Morgan fingerprint density at radius 2 is 1.78 bits per heavy atom. The van der Waals surface area contributed by atoms with Crippen molar-refractivity contribution in [2.75, 3.05) is 6.61 Å². The molecule has 0 unspecified atom stereocenters. The summed E-state index contributed by atoms with van der Waals surface area (Å²) in [7, 11) is 1.67. The summed E-state index contributed by atoms with van der Waals surface area (Å²) in [6.07, 6.45) is 6.05. The van der Waals surface area contributed by atoms with Gasteiger partial charge in [0, 0.05) is 18.5 Å². The van der Waals surface area contributed by atoms with Crippen LogP contribution in [0, 0.1) is 0 Å². The molecule has 3 rings (SSSR count). The molecule has 1 N–H and O–H groups in total. The van der Waals surface area contributed by atoms with Crippen molar-refractivity contribution in [3.63, 3.8) is 0 Å². The van der Waals surface area contributed by atoms with Crippen LogP contribution in [-0.4, -0.2) is 16.3 Å². The van der Waals surface area contributed by atoms with Crippen molar-refractivity contribution in [3.8, 4) is 17.2 Å². The third-order valence-corrected chi connectivity index (χ3v) is 5.30. The predicted molar refractivity (Wildman–Crippen MR) is 130 cm³/mol. The van der Waals surface area contributed by atoms with Crippen LogP contribution in [0.25, 0.3) is 10.9 Å². The van der Waals surface area contributed by atoms with Crippen LogP contribution in [0.15, 0.2) is 76.6 Å². The van der Waals surface area contributed by atoms with Gasteiger partial charge in [-0.3, -0.25) is 4.79 Å². The van der Waals surface area contributed by atoms with Gasteiger partial charge in [-0.2, -0.15) is 0 Å². The second kappa shape index (κ2) is 10.7. The molecule has 168 valence electrons. The molecule has 0 radical (unpaired) electrons. The number of benzene rings is 2. The number of allylic oxidation sites excluding steroid dienone is 3. The number of aromatic nitrogens is 1. The quantitative estimate of drug-likeness (QED) is 0.427. The van der Waals surface area contributed by atoms with E-state index < -0.39 is 0 Å². The maximum absolute atomic E-state index is 12.8. The molecule has 0 atom stereocenters. The molecular formula is C27H31NO4. The van der Waals surface area contributed by atoms with Gasteiger partial charge in [0.1, 0.15) is 19.0 Å². The molecule has 0 amide bonds. The first-order valence-corrected chi connectivity index (χ1v) is 10.8. The molecular weight excluding hydrogens is 402 g/mol. The van der Waals surface area contributed by atoms with Gasteiger partial charge in [-0.1, -0.05) is 47.6 Å². The Kier molecular flexibility index (Phi) is 7.77. The zero-order chi connectivity index (χ0) is 23.1. The molecule has 0 saturated heterocycles. The molecule has 3 aromatic rings. The number of hydrogen-bond acceptors (Lipinski definition) is 4. The Labute approximate surface area is 189 Å². The second-order valence-corrected chi connectivity index (χ2v) is 8.18. The second-order valence-electron chi connectivity index (χ2n) is 8.18. The minimum Gasteiger partial charge on any atom is -0.504 e. The lowest BCUT2D eigenvalue weighted by Gasteiger charge is -2.14. The average molecular weight is 434 g/mol. The van der Waals surface area contributed by atoms with Gasteiger partial charge < -0.3 is 19.1 Å². The highest BCUT2D eigenvalue weighted by atomic mass is 16.5. The van der Waals surface area contributed by atoms with Crippen molar-refractivity contribution >= 4 is 10.9 Å². The summed E-state index contributed by atoms with van der Waals surface area (Å²) in [4.78, 5) is 12.8. The van der Waals surface area contributed by atoms with Crippen LogP contribution >= 0.6 is 0 Å². The summed E-state index contributed by atoms with van der Waals surface area (Å²) in [5.74, 6) is 0.443. The minimum absolute atomic E-state index is 0.0358. The van der Waals surface area contributed by atoms with E-state index in [0.717, 1.165) is 18.4 Å². The maximum atomic E-state index is 12.8. The van der Waals surface area contributed by atoms with Crippen molar-refractivity contribution < 1.29 is 14.6 Å². The lowest BCUT2D eigenvalue weighted by Crippen LogP contribution is -2.20. The van der Waals surface area contributed by atoms with Crippen molar-refractivity contribution in [2.24, 2.45) is 7.05 Å². The van der Waals surface area contributed by atoms with E-state index in [4.69, 9.17) is 9.47 Å². The summed E-state index contributed by atoms with van der Waals surface area (Å²) in [6.45, 7) is 6.86. The van der Waals surface area contributed by atoms with Gasteiger partial charge >= 0.3 is 0 Å². The highest BCUT2D eigenvalue weighted by molar-refractivity contribution is 5.88. The van der Waals surface area contributed by atoms with Crippen molar-refractivity contribution in [1.82, 2.24) is 4.57 Å². The fourth-order valence-electron chi connectivity index (χ4n) is 3.39. The van der Waals surface area contributed by atoms with Gasteiger partial charge in [-0.25, -0.2) is 0 Å². The number of aromatic hydroxyl groups is 1. The zero-order valence-corrected chi connectivity index (χ0v) is 19.2. The fourth-order valence-corrected chi connectivity index (χ4v) is 3.39.